The number of aryl methyl sites for hydroxylation is 1. The van der Waals surface area contributed by atoms with E-state index in [0.717, 1.165) is 17.7 Å². The minimum absolute atomic E-state index is 0.0107. The van der Waals surface area contributed by atoms with Gasteiger partial charge >= 0.3 is 0 Å². The Bertz CT molecular complexity index is 1180. The predicted octanol–water partition coefficient (Wildman–Crippen LogP) is 5.23. The Kier molecular flexibility index (Phi) is 6.84. The Morgan fingerprint density at radius 3 is 2.52 bits per heavy atom. The van der Waals surface area contributed by atoms with Crippen LogP contribution in [0.5, 0.6) is 11.5 Å². The van der Waals surface area contributed by atoms with E-state index in [1.807, 2.05) is 6.07 Å². The van der Waals surface area contributed by atoms with Crippen LogP contribution in [-0.2, 0) is 11.2 Å². The van der Waals surface area contributed by atoms with Gasteiger partial charge in [0.25, 0.3) is 0 Å². The molecule has 6 nitrogen and oxygen atoms in total. The van der Waals surface area contributed by atoms with Gasteiger partial charge < -0.3 is 10.1 Å². The predicted molar refractivity (Wildman–Crippen MR) is 118 cm³/mol. The van der Waals surface area contributed by atoms with Crippen LogP contribution in [0.3, 0.4) is 0 Å². The van der Waals surface area contributed by atoms with Gasteiger partial charge in [0.2, 0.25) is 0 Å². The van der Waals surface area contributed by atoms with Crippen LogP contribution >= 0.6 is 0 Å². The Labute approximate surface area is 181 Å². The molecule has 1 unspecified atom stereocenters. The third-order valence-electron chi connectivity index (χ3n) is 4.17. The Hall–Kier alpha value is -3.48. The number of nitrogens with zero attached hydrogens (tertiary/aromatic N) is 2. The van der Waals surface area contributed by atoms with E-state index in [9.17, 15) is 18.3 Å². The lowest BCUT2D eigenvalue weighted by Crippen LogP contribution is -2.21. The highest BCUT2D eigenvalue weighted by Crippen LogP contribution is 2.34. The van der Waals surface area contributed by atoms with Crippen LogP contribution in [0.15, 0.2) is 54.6 Å². The van der Waals surface area contributed by atoms with Crippen LogP contribution in [0.4, 0.5) is 25.8 Å². The smallest absolute Gasteiger partial charge is 0.195 e. The first-order chi connectivity index (χ1) is 14.8. The molecule has 3 aromatic carbocycles. The molecule has 0 saturated heterocycles. The second-order valence-corrected chi connectivity index (χ2v) is 8.27. The zero-order chi connectivity index (χ0) is 22.5. The molecule has 0 amide bonds. The van der Waals surface area contributed by atoms with Crippen molar-refractivity contribution in [2.24, 2.45) is 0 Å². The van der Waals surface area contributed by atoms with Gasteiger partial charge in [-0.05, 0) is 42.8 Å². The number of hydrogen-bond donors (Lipinski definition) is 2. The highest BCUT2D eigenvalue weighted by atomic mass is 32.2. The summed E-state index contributed by atoms with van der Waals surface area (Å²) in [7, 11) is 3.31. The zero-order valence-corrected chi connectivity index (χ0v) is 17.9. The molecule has 0 radical (unpaired) electrons. The van der Waals surface area contributed by atoms with Gasteiger partial charge in [-0.3, -0.25) is 4.72 Å². The van der Waals surface area contributed by atoms with Crippen molar-refractivity contribution in [1.29, 1.82) is 5.26 Å². The molecule has 3 rings (SSSR count). The summed E-state index contributed by atoms with van der Waals surface area (Å²) in [4.78, 5) is 0. The van der Waals surface area contributed by atoms with E-state index in [1.165, 1.54) is 16.4 Å². The molecule has 0 saturated carbocycles. The van der Waals surface area contributed by atoms with Gasteiger partial charge in [-0.2, -0.15) is 5.26 Å². The average molecular weight is 442 g/mol. The number of ether oxygens (including phenoxy) is 1. The summed E-state index contributed by atoms with van der Waals surface area (Å²) in [6.45, 7) is 1.75. The maximum Gasteiger partial charge on any atom is 0.195 e. The lowest BCUT2D eigenvalue weighted by atomic mass is 10.1. The molecule has 0 bridgehead atoms. The van der Waals surface area contributed by atoms with Crippen LogP contribution in [-0.4, -0.2) is 22.6 Å². The normalized spacial score (nSPS) is 11.6. The summed E-state index contributed by atoms with van der Waals surface area (Å²) in [5, 5.41) is 12.4. The fourth-order valence-electron chi connectivity index (χ4n) is 2.69. The van der Waals surface area contributed by atoms with Gasteiger partial charge in [-0.25, -0.2) is 17.3 Å². The molecule has 0 heterocycles. The van der Waals surface area contributed by atoms with E-state index in [1.54, 1.807) is 51.4 Å². The average Bonchev–Trinajstić information content (AvgIpc) is 2.70. The van der Waals surface area contributed by atoms with Crippen LogP contribution in [0, 0.1) is 29.9 Å². The van der Waals surface area contributed by atoms with Crippen molar-refractivity contribution >= 4 is 28.2 Å². The van der Waals surface area contributed by atoms with Gasteiger partial charge in [0.05, 0.1) is 17.1 Å². The molecular weight excluding hydrogens is 422 g/mol. The third-order valence-corrected chi connectivity index (χ3v) is 5.24. The van der Waals surface area contributed by atoms with Crippen LogP contribution < -0.4 is 14.8 Å². The van der Waals surface area contributed by atoms with Gasteiger partial charge in [-0.15, -0.1) is 0 Å². The maximum absolute atomic E-state index is 14.3. The first-order valence-corrected chi connectivity index (χ1v) is 10.3. The first kappa shape index (κ1) is 22.2. The summed E-state index contributed by atoms with van der Waals surface area (Å²) in [6, 6.07) is 15.2. The largest absolute Gasteiger partial charge is 0.456 e. The lowest BCUT2D eigenvalue weighted by molar-refractivity contribution is 0.476. The van der Waals surface area contributed by atoms with E-state index in [0.29, 0.717) is 11.4 Å². The standard InChI is InChI=1S/C22H20F2N4O2S/c1-14-7-8-20(19(24)9-14)26-21-10-15(23)11-22(18(21)13-25)30-17-6-4-5-16(12-17)27-31(29)28(2)3/h4-12,26-27H,1-3H3. The SMILES string of the molecule is Cc1ccc(Nc2cc(F)cc(Oc3cccc(NS(=O)N(C)C)c3)c2C#N)c(F)c1. The fourth-order valence-corrected chi connectivity index (χ4v) is 3.20. The number of anilines is 3. The molecule has 0 aliphatic heterocycles. The molecule has 0 fully saturated rings. The van der Waals surface area contributed by atoms with Gasteiger partial charge in [0.1, 0.15) is 34.8 Å². The molecule has 3 aromatic rings. The van der Waals surface area contributed by atoms with E-state index < -0.39 is 22.8 Å². The lowest BCUT2D eigenvalue weighted by Gasteiger charge is -2.15. The number of hydrogen-bond acceptors (Lipinski definition) is 4. The number of rotatable bonds is 7. The Morgan fingerprint density at radius 1 is 1.06 bits per heavy atom. The topological polar surface area (TPSA) is 77.4 Å². The van der Waals surface area contributed by atoms with E-state index in [4.69, 9.17) is 4.74 Å². The van der Waals surface area contributed by atoms with Crippen LogP contribution in [0.1, 0.15) is 11.1 Å². The zero-order valence-electron chi connectivity index (χ0n) is 17.1. The fraction of sp³-hybridized carbons (Fsp3) is 0.136. The quantitative estimate of drug-likeness (QED) is 0.525. The van der Waals surface area contributed by atoms with Crippen molar-refractivity contribution in [1.82, 2.24) is 4.31 Å². The van der Waals surface area contributed by atoms with Gasteiger partial charge in [-0.1, -0.05) is 12.1 Å². The molecule has 2 N–H and O–H groups in total. The van der Waals surface area contributed by atoms with Crippen molar-refractivity contribution in [3.63, 3.8) is 0 Å². The minimum atomic E-state index is -1.45. The van der Waals surface area contributed by atoms with Crippen molar-refractivity contribution in [2.45, 2.75) is 6.92 Å². The molecule has 0 aromatic heterocycles. The van der Waals surface area contributed by atoms with Gasteiger partial charge in [0, 0.05) is 26.2 Å². The van der Waals surface area contributed by atoms with Crippen molar-refractivity contribution in [3.8, 4) is 17.6 Å². The third kappa shape index (κ3) is 5.57. The molecule has 0 spiro atoms. The van der Waals surface area contributed by atoms with Gasteiger partial charge in [0.15, 0.2) is 11.2 Å². The number of nitriles is 1. The van der Waals surface area contributed by atoms with Crippen molar-refractivity contribution < 1.29 is 17.7 Å². The summed E-state index contributed by atoms with van der Waals surface area (Å²) < 4.78 is 50.5. The molecule has 31 heavy (non-hydrogen) atoms. The van der Waals surface area contributed by atoms with Crippen molar-refractivity contribution in [2.75, 3.05) is 24.1 Å². The molecule has 0 aliphatic carbocycles. The molecule has 9 heteroatoms. The van der Waals surface area contributed by atoms with Crippen LogP contribution in [0.25, 0.3) is 0 Å². The number of benzene rings is 3. The molecular formula is C22H20F2N4O2S. The maximum atomic E-state index is 14.3. The second kappa shape index (κ2) is 9.55. The summed E-state index contributed by atoms with van der Waals surface area (Å²) in [5.41, 5.74) is 1.44. The summed E-state index contributed by atoms with van der Waals surface area (Å²) >= 11 is -1.45. The van der Waals surface area contributed by atoms with E-state index in [2.05, 4.69) is 10.0 Å². The van der Waals surface area contributed by atoms with Crippen molar-refractivity contribution in [3.05, 3.63) is 77.4 Å². The minimum Gasteiger partial charge on any atom is -0.456 e. The van der Waals surface area contributed by atoms with E-state index >= 15 is 0 Å². The molecule has 1 atom stereocenters. The monoisotopic (exact) mass is 442 g/mol. The highest BCUT2D eigenvalue weighted by Gasteiger charge is 2.15. The summed E-state index contributed by atoms with van der Waals surface area (Å²) in [5.74, 6) is -0.922. The van der Waals surface area contributed by atoms with E-state index in [-0.39, 0.29) is 22.7 Å². The van der Waals surface area contributed by atoms with Crippen LogP contribution in [0.2, 0.25) is 0 Å². The highest BCUT2D eigenvalue weighted by molar-refractivity contribution is 7.83. The summed E-state index contributed by atoms with van der Waals surface area (Å²) in [6.07, 6.45) is 0. The molecule has 160 valence electrons. The number of nitrogens with one attached hydrogen (secondary N) is 2. The molecule has 0 aliphatic rings. The first-order valence-electron chi connectivity index (χ1n) is 9.17. The second-order valence-electron chi connectivity index (χ2n) is 6.84. The Balaban J connectivity index is 1.92. The Morgan fingerprint density at radius 2 is 1.84 bits per heavy atom. The number of halogens is 2.